The Bertz CT molecular complexity index is 694. The number of carbonyl (C=O) groups excluding carboxylic acids is 2. The van der Waals surface area contributed by atoms with E-state index in [2.05, 4.69) is 9.83 Å². The van der Waals surface area contributed by atoms with Crippen LogP contribution in [0.5, 0.6) is 0 Å². The van der Waals surface area contributed by atoms with E-state index in [-0.39, 0.29) is 30.4 Å². The minimum absolute atomic E-state index is 0.0218. The van der Waals surface area contributed by atoms with Crippen LogP contribution in [0, 0.1) is 23.3 Å². The number of ether oxygens (including phenoxy) is 1. The van der Waals surface area contributed by atoms with Crippen LogP contribution < -0.4 is 0 Å². The molecule has 0 fully saturated rings. The summed E-state index contributed by atoms with van der Waals surface area (Å²) < 4.78 is 10.4. The minimum Gasteiger partial charge on any atom is -0.465 e. The van der Waals surface area contributed by atoms with Crippen molar-refractivity contribution in [2.45, 2.75) is 52.5 Å². The molecular weight excluding hydrogens is 310 g/mol. The number of Topliss-reactive ketones (excluding diaryl/α,β-unsaturated/α-hetero) is 1. The summed E-state index contributed by atoms with van der Waals surface area (Å²) in [7, 11) is 0. The molecule has 2 unspecified atom stereocenters. The average Bonchev–Trinajstić information content (AvgIpc) is 2.96. The summed E-state index contributed by atoms with van der Waals surface area (Å²) in [4.78, 5) is 31.5. The van der Waals surface area contributed by atoms with E-state index in [1.807, 2.05) is 6.07 Å². The molecule has 24 heavy (non-hydrogen) atoms. The number of oxazole rings is 1. The molecule has 0 radical (unpaired) electrons. The van der Waals surface area contributed by atoms with Crippen LogP contribution in [0.1, 0.15) is 46.2 Å². The second kappa shape index (κ2) is 7.27. The van der Waals surface area contributed by atoms with Crippen LogP contribution in [0.4, 0.5) is 0 Å². The lowest BCUT2D eigenvalue weighted by Gasteiger charge is -2.22. The second-order valence-electron chi connectivity index (χ2n) is 6.33. The van der Waals surface area contributed by atoms with Gasteiger partial charge >= 0.3 is 12.0 Å². The van der Waals surface area contributed by atoms with Crippen molar-refractivity contribution >= 4 is 11.8 Å². The van der Waals surface area contributed by atoms with Crippen molar-refractivity contribution in [1.29, 1.82) is 5.26 Å². The zero-order valence-corrected chi connectivity index (χ0v) is 14.5. The summed E-state index contributed by atoms with van der Waals surface area (Å²) in [5.41, 5.74) is -2.08. The van der Waals surface area contributed by atoms with E-state index in [0.717, 1.165) is 0 Å². The fourth-order valence-corrected chi connectivity index (χ4v) is 2.06. The number of nitriles is 1. The Labute approximate surface area is 141 Å². The van der Waals surface area contributed by atoms with Gasteiger partial charge in [0, 0.05) is 11.8 Å². The highest BCUT2D eigenvalue weighted by atomic mass is 16.5. The highest BCUT2D eigenvalue weighted by molar-refractivity contribution is 5.84. The quantitative estimate of drug-likeness (QED) is 0.562. The van der Waals surface area contributed by atoms with Gasteiger partial charge < -0.3 is 9.15 Å². The number of ketones is 1. The first-order valence-corrected chi connectivity index (χ1v) is 7.52. The fraction of sp³-hybridized carbons (Fsp3) is 0.588. The van der Waals surface area contributed by atoms with Gasteiger partial charge in [-0.05, 0) is 20.8 Å². The first-order valence-electron chi connectivity index (χ1n) is 7.52. The van der Waals surface area contributed by atoms with Gasteiger partial charge in [-0.15, -0.1) is 0 Å². The van der Waals surface area contributed by atoms with Gasteiger partial charge in [0.05, 0.1) is 6.61 Å². The molecule has 2 atom stereocenters. The third-order valence-electron chi connectivity index (χ3n) is 4.13. The molecule has 0 bridgehead atoms. The molecule has 7 heteroatoms. The number of hydrogen-bond donors (Lipinski definition) is 0. The maximum absolute atomic E-state index is 12.4. The van der Waals surface area contributed by atoms with Crippen LogP contribution in [0.3, 0.4) is 0 Å². The molecule has 0 spiro atoms. The van der Waals surface area contributed by atoms with E-state index in [0.29, 0.717) is 0 Å². The van der Waals surface area contributed by atoms with Gasteiger partial charge in [0.1, 0.15) is 17.7 Å². The normalized spacial score (nSPS) is 14.8. The van der Waals surface area contributed by atoms with Crippen molar-refractivity contribution in [1.82, 2.24) is 4.98 Å². The Morgan fingerprint density at radius 2 is 2.12 bits per heavy atom. The second-order valence-corrected chi connectivity index (χ2v) is 6.33. The number of carbonyl (C=O) groups is 2. The van der Waals surface area contributed by atoms with Crippen LogP contribution in [-0.2, 0) is 26.2 Å². The Balaban J connectivity index is 3.28. The summed E-state index contributed by atoms with van der Waals surface area (Å²) in [6.45, 7) is 15.4. The van der Waals surface area contributed by atoms with E-state index in [1.165, 1.54) is 20.1 Å². The average molecular weight is 331 g/mol. The van der Waals surface area contributed by atoms with Crippen LogP contribution in [0.25, 0.3) is 4.85 Å². The zero-order chi connectivity index (χ0) is 18.5. The monoisotopic (exact) mass is 331 g/mol. The van der Waals surface area contributed by atoms with Gasteiger partial charge in [-0.1, -0.05) is 13.8 Å². The predicted molar refractivity (Wildman–Crippen MR) is 84.7 cm³/mol. The topological polar surface area (TPSA) is 97.5 Å². The van der Waals surface area contributed by atoms with Gasteiger partial charge in [0.15, 0.2) is 17.4 Å². The number of aromatic nitrogens is 1. The van der Waals surface area contributed by atoms with E-state index in [4.69, 9.17) is 15.7 Å². The van der Waals surface area contributed by atoms with E-state index < -0.39 is 22.8 Å². The lowest BCUT2D eigenvalue weighted by Crippen LogP contribution is -2.43. The lowest BCUT2D eigenvalue weighted by atomic mass is 9.80. The third kappa shape index (κ3) is 3.62. The minimum atomic E-state index is -1.56. The molecule has 0 saturated heterocycles. The molecule has 0 amide bonds. The van der Waals surface area contributed by atoms with Crippen LogP contribution in [0.2, 0.25) is 0 Å². The molecule has 1 rings (SSSR count). The number of rotatable bonds is 7. The molecule has 7 nitrogen and oxygen atoms in total. The van der Waals surface area contributed by atoms with Crippen molar-refractivity contribution in [3.8, 4) is 6.07 Å². The Kier molecular flexibility index (Phi) is 5.87. The fourth-order valence-electron chi connectivity index (χ4n) is 2.06. The zero-order valence-electron chi connectivity index (χ0n) is 14.5. The molecular formula is C17H21N3O4. The SMILES string of the molecule is [C-]#[N+]C(C#N)C(C)(C(=O)OCC)c1coc(CC(C)(C)C(C)=O)n1. The van der Waals surface area contributed by atoms with Crippen LogP contribution >= 0.6 is 0 Å². The molecule has 0 aliphatic carbocycles. The number of hydrogen-bond acceptors (Lipinski definition) is 6. The van der Waals surface area contributed by atoms with Crippen molar-refractivity contribution in [3.05, 3.63) is 29.3 Å². The Hall–Kier alpha value is -2.67. The molecule has 0 aliphatic heterocycles. The van der Waals surface area contributed by atoms with Crippen LogP contribution in [0.15, 0.2) is 10.7 Å². The van der Waals surface area contributed by atoms with Crippen molar-refractivity contribution in [2.24, 2.45) is 5.41 Å². The van der Waals surface area contributed by atoms with Gasteiger partial charge in [0.2, 0.25) is 0 Å². The number of nitrogens with zero attached hydrogens (tertiary/aromatic N) is 3. The highest BCUT2D eigenvalue weighted by Crippen LogP contribution is 2.32. The standard InChI is InChI=1S/C17H21N3O4/c1-7-23-15(22)17(5,12(9-18)19-6)13-10-24-14(20-13)8-16(3,4)11(2)21/h10,12H,7-8H2,1-5H3. The molecule has 0 aromatic carbocycles. The van der Waals surface area contributed by atoms with Gasteiger partial charge in [-0.3, -0.25) is 14.4 Å². The molecule has 1 heterocycles. The van der Waals surface area contributed by atoms with Crippen LogP contribution in [-0.4, -0.2) is 29.4 Å². The summed E-state index contributed by atoms with van der Waals surface area (Å²) in [6, 6.07) is 0.519. The predicted octanol–water partition coefficient (Wildman–Crippen LogP) is 2.46. The molecule has 0 aliphatic rings. The van der Waals surface area contributed by atoms with E-state index >= 15 is 0 Å². The first kappa shape index (κ1) is 19.4. The summed E-state index contributed by atoms with van der Waals surface area (Å²) in [5, 5.41) is 9.23. The first-order chi connectivity index (χ1) is 11.1. The Morgan fingerprint density at radius 1 is 1.50 bits per heavy atom. The van der Waals surface area contributed by atoms with E-state index in [9.17, 15) is 14.9 Å². The van der Waals surface area contributed by atoms with Gasteiger partial charge in [0.25, 0.3) is 0 Å². The maximum atomic E-state index is 12.4. The van der Waals surface area contributed by atoms with Gasteiger partial charge in [-0.25, -0.2) is 11.6 Å². The molecule has 0 N–H and O–H groups in total. The van der Waals surface area contributed by atoms with Crippen molar-refractivity contribution < 1.29 is 18.7 Å². The van der Waals surface area contributed by atoms with Crippen molar-refractivity contribution in [2.75, 3.05) is 6.61 Å². The molecule has 1 aromatic rings. The summed E-state index contributed by atoms with van der Waals surface area (Å²) in [6.07, 6.45) is 1.49. The molecule has 0 saturated carbocycles. The lowest BCUT2D eigenvalue weighted by molar-refractivity contribution is -0.149. The van der Waals surface area contributed by atoms with E-state index in [1.54, 1.807) is 20.8 Å². The Morgan fingerprint density at radius 3 is 2.58 bits per heavy atom. The summed E-state index contributed by atoms with van der Waals surface area (Å²) in [5.74, 6) is -0.466. The highest BCUT2D eigenvalue weighted by Gasteiger charge is 2.52. The molecule has 128 valence electrons. The van der Waals surface area contributed by atoms with Gasteiger partial charge in [-0.2, -0.15) is 5.26 Å². The summed E-state index contributed by atoms with van der Waals surface area (Å²) >= 11 is 0. The molecule has 1 aromatic heterocycles. The number of esters is 1. The maximum Gasteiger partial charge on any atom is 0.328 e. The van der Waals surface area contributed by atoms with Crippen molar-refractivity contribution in [3.63, 3.8) is 0 Å². The smallest absolute Gasteiger partial charge is 0.328 e. The largest absolute Gasteiger partial charge is 0.465 e. The third-order valence-corrected chi connectivity index (χ3v) is 4.13.